The van der Waals surface area contributed by atoms with E-state index in [1.54, 1.807) is 0 Å². The van der Waals surface area contributed by atoms with Crippen molar-refractivity contribution >= 4 is 6.16 Å². The largest absolute Gasteiger partial charge is 0.533 e. The number of carbonyl (C=O) groups excluding carboxylic acids is 1. The van der Waals surface area contributed by atoms with Crippen LogP contribution >= 0.6 is 0 Å². The maximum absolute atomic E-state index is 10.9. The highest BCUT2D eigenvalue weighted by Crippen LogP contribution is 1.90. The molecule has 0 aliphatic rings. The molecule has 0 amide bonds. The summed E-state index contributed by atoms with van der Waals surface area (Å²) in [6.07, 6.45) is 5.53. The number of hydrogen-bond acceptors (Lipinski definition) is 4. The van der Waals surface area contributed by atoms with Crippen LogP contribution in [0.1, 0.15) is 19.8 Å². The summed E-state index contributed by atoms with van der Waals surface area (Å²) in [7, 11) is 0. The van der Waals surface area contributed by atoms with Gasteiger partial charge in [-0.25, -0.2) is 9.78 Å². The number of hydrogen-bond donors (Lipinski definition) is 0. The summed E-state index contributed by atoms with van der Waals surface area (Å²) in [6.45, 7) is 2.41. The molecule has 1 aromatic rings. The predicted molar refractivity (Wildman–Crippen MR) is 45.1 cm³/mol. The zero-order valence-electron chi connectivity index (χ0n) is 7.47. The van der Waals surface area contributed by atoms with Crippen LogP contribution in [0.2, 0.25) is 0 Å². The van der Waals surface area contributed by atoms with Crippen molar-refractivity contribution in [3.05, 3.63) is 18.7 Å². The Morgan fingerprint density at radius 2 is 2.46 bits per heavy atom. The summed E-state index contributed by atoms with van der Waals surface area (Å²) in [4.78, 5) is 19.3. The van der Waals surface area contributed by atoms with Crippen LogP contribution in [-0.2, 0) is 4.74 Å². The first kappa shape index (κ1) is 9.57. The van der Waals surface area contributed by atoms with Crippen molar-refractivity contribution in [2.45, 2.75) is 19.8 Å². The van der Waals surface area contributed by atoms with E-state index in [0.717, 1.165) is 12.8 Å². The third-order valence-corrected chi connectivity index (χ3v) is 1.38. The van der Waals surface area contributed by atoms with Crippen LogP contribution in [0.4, 0.5) is 4.79 Å². The Labute approximate surface area is 76.2 Å². The van der Waals surface area contributed by atoms with Gasteiger partial charge in [-0.05, 0) is 6.42 Å². The lowest BCUT2D eigenvalue weighted by Gasteiger charge is -2.03. The molecule has 0 radical (unpaired) electrons. The van der Waals surface area contributed by atoms with Gasteiger partial charge < -0.3 is 9.57 Å². The fraction of sp³-hybridized carbons (Fsp3) is 0.500. The number of unbranched alkanes of at least 4 members (excludes halogenated alkanes) is 1. The summed E-state index contributed by atoms with van der Waals surface area (Å²) in [6, 6.07) is 0. The minimum atomic E-state index is -0.702. The summed E-state index contributed by atoms with van der Waals surface area (Å²) in [5.74, 6) is 0. The SMILES string of the molecule is CCCCOC(=O)On1ccnc1. The maximum Gasteiger partial charge on any atom is 0.533 e. The average molecular weight is 184 g/mol. The zero-order valence-corrected chi connectivity index (χ0v) is 7.47. The van der Waals surface area contributed by atoms with E-state index in [1.807, 2.05) is 6.92 Å². The Morgan fingerprint density at radius 1 is 1.62 bits per heavy atom. The first-order chi connectivity index (χ1) is 6.33. The molecule has 72 valence electrons. The number of carbonyl (C=O) groups is 1. The average Bonchev–Trinajstić information content (AvgIpc) is 2.57. The normalized spacial score (nSPS) is 9.62. The molecule has 0 spiro atoms. The van der Waals surface area contributed by atoms with E-state index >= 15 is 0 Å². The molecule has 0 fully saturated rings. The first-order valence-electron chi connectivity index (χ1n) is 4.16. The van der Waals surface area contributed by atoms with Crippen LogP contribution < -0.4 is 4.84 Å². The topological polar surface area (TPSA) is 53.4 Å². The molecule has 5 heteroatoms. The highest BCUT2D eigenvalue weighted by atomic mass is 16.8. The van der Waals surface area contributed by atoms with Gasteiger partial charge in [0.25, 0.3) is 0 Å². The number of imidazole rings is 1. The summed E-state index contributed by atoms with van der Waals surface area (Å²) < 4.78 is 5.93. The second kappa shape index (κ2) is 5.18. The van der Waals surface area contributed by atoms with E-state index in [0.29, 0.717) is 6.61 Å². The van der Waals surface area contributed by atoms with Gasteiger partial charge in [-0.1, -0.05) is 13.3 Å². The molecule has 0 aliphatic carbocycles. The molecule has 1 rings (SSSR count). The first-order valence-corrected chi connectivity index (χ1v) is 4.16. The minimum absolute atomic E-state index is 0.393. The Kier molecular flexibility index (Phi) is 3.81. The van der Waals surface area contributed by atoms with E-state index in [-0.39, 0.29) is 0 Å². The molecule has 0 bridgehead atoms. The van der Waals surface area contributed by atoms with Crippen molar-refractivity contribution < 1.29 is 14.4 Å². The van der Waals surface area contributed by atoms with Gasteiger partial charge in [0.05, 0.1) is 12.8 Å². The molecule has 0 saturated carbocycles. The third-order valence-electron chi connectivity index (χ3n) is 1.38. The Morgan fingerprint density at radius 3 is 3.08 bits per heavy atom. The third kappa shape index (κ3) is 3.59. The van der Waals surface area contributed by atoms with Crippen LogP contribution in [0.5, 0.6) is 0 Å². The molecule has 0 aromatic carbocycles. The molecule has 13 heavy (non-hydrogen) atoms. The fourth-order valence-corrected chi connectivity index (χ4v) is 0.713. The lowest BCUT2D eigenvalue weighted by atomic mass is 10.4. The van der Waals surface area contributed by atoms with Gasteiger partial charge in [-0.15, -0.1) is 0 Å². The number of ether oxygens (including phenoxy) is 1. The maximum atomic E-state index is 10.9. The van der Waals surface area contributed by atoms with Gasteiger partial charge in [0.2, 0.25) is 0 Å². The molecular weight excluding hydrogens is 172 g/mol. The smallest absolute Gasteiger partial charge is 0.433 e. The monoisotopic (exact) mass is 184 g/mol. The van der Waals surface area contributed by atoms with Crippen molar-refractivity contribution in [2.24, 2.45) is 0 Å². The number of rotatable bonds is 4. The predicted octanol–water partition coefficient (Wildman–Crippen LogP) is 1.25. The van der Waals surface area contributed by atoms with E-state index < -0.39 is 6.16 Å². The molecular formula is C8H12N2O3. The van der Waals surface area contributed by atoms with Gasteiger partial charge in [0, 0.05) is 6.20 Å². The van der Waals surface area contributed by atoms with Gasteiger partial charge >= 0.3 is 6.16 Å². The van der Waals surface area contributed by atoms with Crippen LogP contribution in [-0.4, -0.2) is 22.5 Å². The second-order valence-electron chi connectivity index (χ2n) is 2.47. The standard InChI is InChI=1S/C8H12N2O3/c1-2-3-6-12-8(11)13-10-5-4-9-7-10/h4-5,7H,2-3,6H2,1H3. The Hall–Kier alpha value is -1.52. The second-order valence-corrected chi connectivity index (χ2v) is 2.47. The zero-order chi connectivity index (χ0) is 9.52. The van der Waals surface area contributed by atoms with Gasteiger partial charge in [0.15, 0.2) is 0 Å². The molecule has 0 saturated heterocycles. The van der Waals surface area contributed by atoms with Gasteiger partial charge in [0.1, 0.15) is 6.33 Å². The van der Waals surface area contributed by atoms with Crippen molar-refractivity contribution in [3.8, 4) is 0 Å². The molecule has 0 atom stereocenters. The lowest BCUT2D eigenvalue weighted by molar-refractivity contribution is 0.0470. The molecule has 0 N–H and O–H groups in total. The molecule has 0 aliphatic heterocycles. The minimum Gasteiger partial charge on any atom is -0.433 e. The van der Waals surface area contributed by atoms with E-state index in [1.165, 1.54) is 23.5 Å². The van der Waals surface area contributed by atoms with Gasteiger partial charge in [-0.2, -0.15) is 4.73 Å². The molecule has 5 nitrogen and oxygen atoms in total. The Bertz CT molecular complexity index is 246. The van der Waals surface area contributed by atoms with Crippen LogP contribution in [0, 0.1) is 0 Å². The summed E-state index contributed by atoms with van der Waals surface area (Å²) in [5.41, 5.74) is 0. The molecule has 1 heterocycles. The molecule has 1 aromatic heterocycles. The van der Waals surface area contributed by atoms with Crippen LogP contribution in [0.25, 0.3) is 0 Å². The Balaban J connectivity index is 2.18. The van der Waals surface area contributed by atoms with Crippen LogP contribution in [0.15, 0.2) is 18.7 Å². The van der Waals surface area contributed by atoms with E-state index in [2.05, 4.69) is 4.98 Å². The van der Waals surface area contributed by atoms with E-state index in [4.69, 9.17) is 9.57 Å². The van der Waals surface area contributed by atoms with Gasteiger partial charge in [-0.3, -0.25) is 0 Å². The molecule has 0 unspecified atom stereocenters. The van der Waals surface area contributed by atoms with Crippen molar-refractivity contribution in [2.75, 3.05) is 6.61 Å². The van der Waals surface area contributed by atoms with Crippen molar-refractivity contribution in [3.63, 3.8) is 0 Å². The quantitative estimate of drug-likeness (QED) is 0.522. The highest BCUT2D eigenvalue weighted by Gasteiger charge is 2.03. The summed E-state index contributed by atoms with van der Waals surface area (Å²) in [5, 5.41) is 0. The van der Waals surface area contributed by atoms with Crippen molar-refractivity contribution in [1.29, 1.82) is 0 Å². The van der Waals surface area contributed by atoms with E-state index in [9.17, 15) is 4.79 Å². The number of aromatic nitrogens is 2. The van der Waals surface area contributed by atoms with Crippen LogP contribution in [0.3, 0.4) is 0 Å². The lowest BCUT2D eigenvalue weighted by Crippen LogP contribution is -2.19. The summed E-state index contributed by atoms with van der Waals surface area (Å²) >= 11 is 0. The highest BCUT2D eigenvalue weighted by molar-refractivity contribution is 5.60. The van der Waals surface area contributed by atoms with Crippen molar-refractivity contribution in [1.82, 2.24) is 9.71 Å². The number of nitrogens with zero attached hydrogens (tertiary/aromatic N) is 2. The fourth-order valence-electron chi connectivity index (χ4n) is 0.713.